The van der Waals surface area contributed by atoms with Crippen molar-refractivity contribution < 1.29 is 4.79 Å². The molecule has 1 heterocycles. The number of nitrogens with zero attached hydrogens (tertiary/aromatic N) is 2. The van der Waals surface area contributed by atoms with E-state index >= 15 is 0 Å². The van der Waals surface area contributed by atoms with Crippen LogP contribution in [0.5, 0.6) is 0 Å². The molecule has 1 aliphatic rings. The minimum absolute atomic E-state index is 0.0549. The summed E-state index contributed by atoms with van der Waals surface area (Å²) in [5.74, 6) is 0.351. The zero-order valence-electron chi connectivity index (χ0n) is 17.3. The second-order valence-electron chi connectivity index (χ2n) is 8.97. The highest BCUT2D eigenvalue weighted by Gasteiger charge is 2.25. The van der Waals surface area contributed by atoms with E-state index in [0.717, 1.165) is 24.4 Å². The van der Waals surface area contributed by atoms with Gasteiger partial charge in [-0.25, -0.2) is 0 Å². The smallest absolute Gasteiger partial charge is 0.257 e. The lowest BCUT2D eigenvalue weighted by atomic mass is 9.92. The monoisotopic (exact) mass is 361 g/mol. The summed E-state index contributed by atoms with van der Waals surface area (Å²) in [7, 11) is 6.02. The SMILES string of the molecule is Cc1cc(=O)c(C(=O)NCC(C)(C)CN(C)C)c(CC2CCCC2)n1C. The van der Waals surface area contributed by atoms with E-state index in [9.17, 15) is 9.59 Å². The van der Waals surface area contributed by atoms with Crippen molar-refractivity contribution in [2.75, 3.05) is 27.2 Å². The Morgan fingerprint density at radius 3 is 2.50 bits per heavy atom. The molecule has 0 radical (unpaired) electrons. The highest BCUT2D eigenvalue weighted by atomic mass is 16.2. The molecule has 0 aliphatic heterocycles. The van der Waals surface area contributed by atoms with Gasteiger partial charge in [-0.05, 0) is 38.8 Å². The summed E-state index contributed by atoms with van der Waals surface area (Å²) in [6, 6.07) is 1.58. The van der Waals surface area contributed by atoms with Crippen LogP contribution in [0.4, 0.5) is 0 Å². The number of nitrogens with one attached hydrogen (secondary N) is 1. The van der Waals surface area contributed by atoms with Crippen LogP contribution in [-0.4, -0.2) is 42.6 Å². The number of aryl methyl sites for hydroxylation is 1. The van der Waals surface area contributed by atoms with Crippen LogP contribution in [-0.2, 0) is 13.5 Å². The number of carbonyl (C=O) groups excluding carboxylic acids is 1. The first-order valence-corrected chi connectivity index (χ1v) is 9.73. The molecule has 1 amide bonds. The Hall–Kier alpha value is -1.62. The van der Waals surface area contributed by atoms with Crippen molar-refractivity contribution in [1.29, 1.82) is 0 Å². The number of rotatable bonds is 7. The van der Waals surface area contributed by atoms with E-state index in [-0.39, 0.29) is 16.8 Å². The number of amides is 1. The Bertz CT molecular complexity index is 698. The number of pyridine rings is 1. The first-order valence-electron chi connectivity index (χ1n) is 9.73. The Morgan fingerprint density at radius 2 is 1.92 bits per heavy atom. The summed E-state index contributed by atoms with van der Waals surface area (Å²) in [6.07, 6.45) is 5.71. The highest BCUT2D eigenvalue weighted by molar-refractivity contribution is 5.95. The quantitative estimate of drug-likeness (QED) is 0.812. The minimum Gasteiger partial charge on any atom is -0.351 e. The molecule has 5 heteroatoms. The lowest BCUT2D eigenvalue weighted by Crippen LogP contribution is -2.41. The molecule has 1 aliphatic carbocycles. The first-order chi connectivity index (χ1) is 12.1. The van der Waals surface area contributed by atoms with E-state index in [1.165, 1.54) is 25.7 Å². The van der Waals surface area contributed by atoms with Crippen molar-refractivity contribution in [2.24, 2.45) is 18.4 Å². The second kappa shape index (κ2) is 8.38. The molecule has 0 unspecified atom stereocenters. The summed E-state index contributed by atoms with van der Waals surface area (Å²) in [4.78, 5) is 27.7. The molecular formula is C21H35N3O2. The van der Waals surface area contributed by atoms with Crippen LogP contribution in [0.15, 0.2) is 10.9 Å². The molecule has 0 aromatic carbocycles. The van der Waals surface area contributed by atoms with E-state index in [4.69, 9.17) is 0 Å². The van der Waals surface area contributed by atoms with Gasteiger partial charge >= 0.3 is 0 Å². The fourth-order valence-electron chi connectivity index (χ4n) is 4.17. The average molecular weight is 362 g/mol. The predicted molar refractivity (Wildman–Crippen MR) is 107 cm³/mol. The summed E-state index contributed by atoms with van der Waals surface area (Å²) in [5, 5.41) is 3.02. The van der Waals surface area contributed by atoms with Gasteiger partial charge in [0.1, 0.15) is 5.56 Å². The largest absolute Gasteiger partial charge is 0.351 e. The maximum Gasteiger partial charge on any atom is 0.257 e. The number of hydrogen-bond donors (Lipinski definition) is 1. The van der Waals surface area contributed by atoms with Gasteiger partial charge in [-0.15, -0.1) is 0 Å². The van der Waals surface area contributed by atoms with Crippen LogP contribution < -0.4 is 10.7 Å². The molecule has 1 N–H and O–H groups in total. The molecule has 1 fully saturated rings. The molecule has 0 saturated heterocycles. The van der Waals surface area contributed by atoms with E-state index in [1.807, 2.05) is 32.6 Å². The van der Waals surface area contributed by atoms with Crippen LogP contribution in [0.1, 0.15) is 61.3 Å². The zero-order chi connectivity index (χ0) is 19.5. The van der Waals surface area contributed by atoms with Crippen LogP contribution in [0.2, 0.25) is 0 Å². The van der Waals surface area contributed by atoms with Gasteiger partial charge in [-0.2, -0.15) is 0 Å². The lowest BCUT2D eigenvalue weighted by Gasteiger charge is -2.28. The van der Waals surface area contributed by atoms with E-state index < -0.39 is 0 Å². The maximum absolute atomic E-state index is 12.9. The summed E-state index contributed by atoms with van der Waals surface area (Å²) >= 11 is 0. The van der Waals surface area contributed by atoms with Gasteiger partial charge in [0.25, 0.3) is 5.91 Å². The molecule has 26 heavy (non-hydrogen) atoms. The molecule has 1 aromatic rings. The van der Waals surface area contributed by atoms with Crippen molar-refractivity contribution in [3.05, 3.63) is 33.2 Å². The van der Waals surface area contributed by atoms with Gasteiger partial charge in [-0.3, -0.25) is 9.59 Å². The fraction of sp³-hybridized carbons (Fsp3) is 0.714. The Morgan fingerprint density at radius 1 is 1.31 bits per heavy atom. The second-order valence-corrected chi connectivity index (χ2v) is 8.97. The van der Waals surface area contributed by atoms with E-state index in [1.54, 1.807) is 6.07 Å². The number of aromatic nitrogens is 1. The van der Waals surface area contributed by atoms with Crippen molar-refractivity contribution in [1.82, 2.24) is 14.8 Å². The number of carbonyl (C=O) groups is 1. The van der Waals surface area contributed by atoms with Crippen LogP contribution in [0.3, 0.4) is 0 Å². The van der Waals surface area contributed by atoms with Crippen molar-refractivity contribution in [2.45, 2.75) is 52.9 Å². The highest BCUT2D eigenvalue weighted by Crippen LogP contribution is 2.28. The Balaban J connectivity index is 2.25. The zero-order valence-corrected chi connectivity index (χ0v) is 17.3. The maximum atomic E-state index is 12.9. The first kappa shape index (κ1) is 20.7. The standard InChI is InChI=1S/C21H35N3O2/c1-15-11-18(25)19(17(24(15)6)12-16-9-7-8-10-16)20(26)22-13-21(2,3)14-23(4)5/h11,16H,7-10,12-14H2,1-6H3,(H,22,26). The van der Waals surface area contributed by atoms with Gasteiger partial charge in [0.2, 0.25) is 0 Å². The molecule has 0 spiro atoms. The third kappa shape index (κ3) is 5.19. The van der Waals surface area contributed by atoms with Gasteiger partial charge in [0.05, 0.1) is 0 Å². The number of hydrogen-bond acceptors (Lipinski definition) is 3. The normalized spacial score (nSPS) is 15.7. The minimum atomic E-state index is -0.231. The third-order valence-corrected chi connectivity index (χ3v) is 5.46. The third-order valence-electron chi connectivity index (χ3n) is 5.46. The molecule has 0 bridgehead atoms. The molecule has 146 valence electrons. The van der Waals surface area contributed by atoms with Gasteiger partial charge in [-0.1, -0.05) is 39.5 Å². The van der Waals surface area contributed by atoms with Crippen molar-refractivity contribution >= 4 is 5.91 Å². The topological polar surface area (TPSA) is 54.3 Å². The van der Waals surface area contributed by atoms with Crippen molar-refractivity contribution in [3.8, 4) is 0 Å². The molecule has 5 nitrogen and oxygen atoms in total. The van der Waals surface area contributed by atoms with Gasteiger partial charge in [0, 0.05) is 37.6 Å². The molecule has 2 rings (SSSR count). The fourth-order valence-corrected chi connectivity index (χ4v) is 4.17. The van der Waals surface area contributed by atoms with Crippen molar-refractivity contribution in [3.63, 3.8) is 0 Å². The van der Waals surface area contributed by atoms with Gasteiger partial charge < -0.3 is 14.8 Å². The van der Waals surface area contributed by atoms with E-state index in [2.05, 4.69) is 24.1 Å². The van der Waals surface area contributed by atoms with Gasteiger partial charge in [0.15, 0.2) is 5.43 Å². The Kier molecular flexibility index (Phi) is 6.67. The van der Waals surface area contributed by atoms with Crippen LogP contribution >= 0.6 is 0 Å². The lowest BCUT2D eigenvalue weighted by molar-refractivity contribution is 0.0926. The predicted octanol–water partition coefficient (Wildman–Crippen LogP) is 2.74. The molecule has 1 saturated carbocycles. The van der Waals surface area contributed by atoms with E-state index in [0.29, 0.717) is 18.0 Å². The summed E-state index contributed by atoms with van der Waals surface area (Å²) < 4.78 is 2.03. The summed E-state index contributed by atoms with van der Waals surface area (Å²) in [5.41, 5.74) is 1.93. The molecule has 1 aromatic heterocycles. The Labute approximate surface area is 157 Å². The molecule has 0 atom stereocenters. The molecular weight excluding hydrogens is 326 g/mol. The summed E-state index contributed by atoms with van der Waals surface area (Å²) in [6.45, 7) is 7.60. The van der Waals surface area contributed by atoms with Crippen LogP contribution in [0, 0.1) is 18.3 Å². The van der Waals surface area contributed by atoms with Crippen LogP contribution in [0.25, 0.3) is 0 Å². The average Bonchev–Trinajstić information content (AvgIpc) is 3.02.